The van der Waals surface area contributed by atoms with E-state index in [0.717, 1.165) is 21.9 Å². The summed E-state index contributed by atoms with van der Waals surface area (Å²) in [5, 5.41) is 4.34. The Kier molecular flexibility index (Phi) is 6.22. The van der Waals surface area contributed by atoms with Gasteiger partial charge in [0.2, 0.25) is 0 Å². The number of nitrogens with one attached hydrogen (secondary N) is 1. The van der Waals surface area contributed by atoms with Gasteiger partial charge in [0.15, 0.2) is 0 Å². The number of allylic oxidation sites excluding steroid dienone is 2. The van der Waals surface area contributed by atoms with Crippen LogP contribution < -0.4 is 4.72 Å². The normalized spacial score (nSPS) is 17.7. The Hall–Kier alpha value is -1.70. The second-order valence-corrected chi connectivity index (χ2v) is 11.0. The number of benzene rings is 1. The maximum absolute atomic E-state index is 13.0. The number of thioether (sulfide) groups is 1. The molecule has 8 heteroatoms. The highest BCUT2D eigenvalue weighted by Crippen LogP contribution is 2.35. The van der Waals surface area contributed by atoms with E-state index < -0.39 is 10.0 Å². The molecule has 3 rings (SSSR count). The Morgan fingerprint density at radius 1 is 1.31 bits per heavy atom. The molecule has 0 fully saturated rings. The van der Waals surface area contributed by atoms with Crippen LogP contribution in [0.4, 0.5) is 0 Å². The summed E-state index contributed by atoms with van der Waals surface area (Å²) in [6.45, 7) is 8.22. The molecule has 2 heterocycles. The maximum atomic E-state index is 13.0. The third-order valence-electron chi connectivity index (χ3n) is 4.81. The van der Waals surface area contributed by atoms with Crippen molar-refractivity contribution in [2.45, 2.75) is 49.8 Å². The van der Waals surface area contributed by atoms with Crippen LogP contribution in [0.15, 0.2) is 47.4 Å². The zero-order valence-corrected chi connectivity index (χ0v) is 19.6. The summed E-state index contributed by atoms with van der Waals surface area (Å²) in [5.74, 6) is 0.402. The number of halogens is 1. The first-order chi connectivity index (χ1) is 13.6. The Bertz CT molecular complexity index is 1060. The largest absolute Gasteiger partial charge is 0.264 e. The van der Waals surface area contributed by atoms with Gasteiger partial charge in [0.1, 0.15) is 5.82 Å². The Balaban J connectivity index is 1.92. The molecule has 1 aromatic carbocycles. The van der Waals surface area contributed by atoms with E-state index in [9.17, 15) is 8.42 Å². The van der Waals surface area contributed by atoms with E-state index in [1.165, 1.54) is 0 Å². The van der Waals surface area contributed by atoms with Gasteiger partial charge >= 0.3 is 0 Å². The lowest BCUT2D eigenvalue weighted by Crippen LogP contribution is -2.28. The summed E-state index contributed by atoms with van der Waals surface area (Å²) in [6, 6.07) is 8.90. The number of hydrogen-bond acceptors (Lipinski definition) is 4. The number of rotatable bonds is 5. The molecular formula is C21H26ClN3O2S2. The summed E-state index contributed by atoms with van der Waals surface area (Å²) in [6.07, 6.45) is 6.26. The van der Waals surface area contributed by atoms with Gasteiger partial charge in [-0.15, -0.1) is 23.4 Å². The Labute approximate surface area is 182 Å². The van der Waals surface area contributed by atoms with Gasteiger partial charge in [-0.05, 0) is 54.9 Å². The molecule has 5 nitrogen and oxygen atoms in total. The van der Waals surface area contributed by atoms with E-state index in [0.29, 0.717) is 12.2 Å². The van der Waals surface area contributed by atoms with Gasteiger partial charge in [-0.25, -0.2) is 13.1 Å². The van der Waals surface area contributed by atoms with Crippen LogP contribution in [-0.2, 0) is 15.4 Å². The fraction of sp³-hybridized carbons (Fsp3) is 0.381. The molecule has 0 spiro atoms. The van der Waals surface area contributed by atoms with Crippen molar-refractivity contribution in [3.8, 4) is 0 Å². The summed E-state index contributed by atoms with van der Waals surface area (Å²) >= 11 is 8.04. The van der Waals surface area contributed by atoms with Crippen molar-refractivity contribution in [2.75, 3.05) is 6.26 Å². The van der Waals surface area contributed by atoms with Crippen LogP contribution in [0.2, 0.25) is 0 Å². The molecule has 0 saturated heterocycles. The van der Waals surface area contributed by atoms with Gasteiger partial charge in [-0.1, -0.05) is 39.0 Å². The smallest absolute Gasteiger partial charge is 0.263 e. The topological polar surface area (TPSA) is 64.0 Å². The Morgan fingerprint density at radius 2 is 1.97 bits per heavy atom. The van der Waals surface area contributed by atoms with Crippen molar-refractivity contribution >= 4 is 44.1 Å². The second-order valence-electron chi connectivity index (χ2n) is 7.90. The monoisotopic (exact) mass is 451 g/mol. The van der Waals surface area contributed by atoms with Crippen molar-refractivity contribution in [3.63, 3.8) is 0 Å². The maximum Gasteiger partial charge on any atom is 0.263 e. The third kappa shape index (κ3) is 4.57. The van der Waals surface area contributed by atoms with E-state index >= 15 is 0 Å². The average Bonchev–Trinajstić information content (AvgIpc) is 3.11. The van der Waals surface area contributed by atoms with Crippen LogP contribution in [0, 0.1) is 0 Å². The highest BCUT2D eigenvalue weighted by atomic mass is 35.5. The Morgan fingerprint density at radius 3 is 2.52 bits per heavy atom. The minimum Gasteiger partial charge on any atom is -0.264 e. The van der Waals surface area contributed by atoms with Crippen LogP contribution in [-0.4, -0.2) is 24.5 Å². The van der Waals surface area contributed by atoms with Crippen LogP contribution in [0.1, 0.15) is 56.4 Å². The molecule has 1 N–H and O–H groups in total. The van der Waals surface area contributed by atoms with Gasteiger partial charge < -0.3 is 0 Å². The molecule has 0 radical (unpaired) electrons. The predicted octanol–water partition coefficient (Wildman–Crippen LogP) is 5.36. The van der Waals surface area contributed by atoms with Crippen LogP contribution in [0.5, 0.6) is 0 Å². The quantitative estimate of drug-likeness (QED) is 0.621. The van der Waals surface area contributed by atoms with Crippen molar-refractivity contribution in [1.82, 2.24) is 14.5 Å². The lowest BCUT2D eigenvalue weighted by molar-refractivity contribution is 0.583. The minimum absolute atomic E-state index is 0.0425. The number of fused-ring (bicyclic) bond motifs is 1. The van der Waals surface area contributed by atoms with E-state index in [1.54, 1.807) is 34.7 Å². The molecule has 0 amide bonds. The van der Waals surface area contributed by atoms with Gasteiger partial charge in [0.25, 0.3) is 10.0 Å². The average molecular weight is 452 g/mol. The summed E-state index contributed by atoms with van der Waals surface area (Å²) < 4.78 is 30.2. The zero-order chi connectivity index (χ0) is 21.4. The van der Waals surface area contributed by atoms with E-state index in [2.05, 4.69) is 30.6 Å². The predicted molar refractivity (Wildman–Crippen MR) is 122 cm³/mol. The van der Waals surface area contributed by atoms with Gasteiger partial charge in [-0.3, -0.25) is 4.72 Å². The fourth-order valence-corrected chi connectivity index (χ4v) is 4.99. The second kappa shape index (κ2) is 8.20. The van der Waals surface area contributed by atoms with Crippen molar-refractivity contribution < 1.29 is 8.42 Å². The molecule has 29 heavy (non-hydrogen) atoms. The number of sulfonamides is 1. The van der Waals surface area contributed by atoms with Crippen LogP contribution >= 0.6 is 23.4 Å². The molecule has 2 aromatic rings. The minimum atomic E-state index is -3.75. The highest BCUT2D eigenvalue weighted by Gasteiger charge is 2.26. The molecule has 0 aliphatic carbocycles. The van der Waals surface area contributed by atoms with Crippen LogP contribution in [0.25, 0.3) is 10.7 Å². The van der Waals surface area contributed by atoms with E-state index in [4.69, 9.17) is 11.6 Å². The van der Waals surface area contributed by atoms with Gasteiger partial charge in [0.05, 0.1) is 21.7 Å². The molecule has 0 saturated carbocycles. The number of alkyl halides is 1. The fourth-order valence-electron chi connectivity index (χ4n) is 3.14. The number of aromatic nitrogens is 2. The first-order valence-corrected chi connectivity index (χ1v) is 12.5. The molecule has 1 aliphatic rings. The van der Waals surface area contributed by atoms with E-state index in [1.807, 2.05) is 37.5 Å². The molecule has 0 bridgehead atoms. The molecule has 1 atom stereocenters. The highest BCUT2D eigenvalue weighted by molar-refractivity contribution is 8.07. The third-order valence-corrected chi connectivity index (χ3v) is 7.47. The molecule has 1 aromatic heterocycles. The SMILES string of the molecule is CC=C(SC)c1cc2n(n1)C(NS(=O)(=O)c1ccc(C(C)(C)C)cc1)=CCC2Cl. The van der Waals surface area contributed by atoms with Gasteiger partial charge in [0, 0.05) is 4.91 Å². The van der Waals surface area contributed by atoms with Crippen molar-refractivity contribution in [3.05, 3.63) is 59.4 Å². The lowest BCUT2D eigenvalue weighted by Gasteiger charge is -2.21. The van der Waals surface area contributed by atoms with E-state index in [-0.39, 0.29) is 15.7 Å². The first kappa shape index (κ1) is 22.0. The van der Waals surface area contributed by atoms with Gasteiger partial charge in [-0.2, -0.15) is 5.10 Å². The zero-order valence-electron chi connectivity index (χ0n) is 17.2. The molecular weight excluding hydrogens is 426 g/mol. The van der Waals surface area contributed by atoms with Crippen LogP contribution in [0.3, 0.4) is 0 Å². The lowest BCUT2D eigenvalue weighted by atomic mass is 9.87. The summed E-state index contributed by atoms with van der Waals surface area (Å²) in [7, 11) is -3.75. The number of nitrogens with zero attached hydrogens (tertiary/aromatic N) is 2. The number of hydrogen-bond donors (Lipinski definition) is 1. The van der Waals surface area contributed by atoms with Crippen molar-refractivity contribution in [2.24, 2.45) is 0 Å². The summed E-state index contributed by atoms with van der Waals surface area (Å²) in [4.78, 5) is 1.22. The van der Waals surface area contributed by atoms with Crippen molar-refractivity contribution in [1.29, 1.82) is 0 Å². The molecule has 156 valence electrons. The molecule has 1 aliphatic heterocycles. The summed E-state index contributed by atoms with van der Waals surface area (Å²) in [5.41, 5.74) is 2.59. The molecule has 1 unspecified atom stereocenters. The first-order valence-electron chi connectivity index (χ1n) is 9.35. The standard InChI is InChI=1S/C21H26ClN3O2S2/c1-6-19(28-5)17-13-18-16(22)11-12-20(25(18)23-17)24-29(26,27)15-9-7-14(8-10-15)21(2,3)4/h6-10,12-13,16,24H,11H2,1-5H3.